The number of aliphatic carboxylic acids is 1. The first-order chi connectivity index (χ1) is 6.43. The Labute approximate surface area is 77.2 Å². The first kappa shape index (κ1) is 10.4. The lowest BCUT2D eigenvalue weighted by Crippen LogP contribution is -2.39. The van der Waals surface area contributed by atoms with Gasteiger partial charge in [0, 0.05) is 12.0 Å². The maximum atomic E-state index is 12.1. The van der Waals surface area contributed by atoms with Crippen molar-refractivity contribution in [3.05, 3.63) is 11.7 Å². The van der Waals surface area contributed by atoms with Gasteiger partial charge in [-0.2, -0.15) is 8.78 Å². The quantitative estimate of drug-likeness (QED) is 0.671. The molecule has 1 amide bonds. The monoisotopic (exact) mass is 207 g/mol. The van der Waals surface area contributed by atoms with Gasteiger partial charge in [-0.05, 0) is 0 Å². The number of hydrogen-bond acceptors (Lipinski definition) is 2. The van der Waals surface area contributed by atoms with Crippen LogP contribution in [0.15, 0.2) is 11.7 Å². The molecule has 0 aromatic rings. The van der Waals surface area contributed by atoms with E-state index in [1.807, 2.05) is 0 Å². The van der Waals surface area contributed by atoms with Crippen LogP contribution in [0.2, 0.25) is 0 Å². The smallest absolute Gasteiger partial charge is 0.408 e. The summed E-state index contributed by atoms with van der Waals surface area (Å²) in [5, 5.41) is 17.1. The zero-order valence-electron chi connectivity index (χ0n) is 6.91. The Hall–Kier alpha value is -1.66. The number of hydrogen-bond donors (Lipinski definition) is 2. The fraction of sp³-hybridized carbons (Fsp3) is 0.429. The third-order valence-electron chi connectivity index (χ3n) is 1.98. The van der Waals surface area contributed by atoms with Gasteiger partial charge in [-0.15, -0.1) is 0 Å². The second-order valence-corrected chi connectivity index (χ2v) is 2.83. The summed E-state index contributed by atoms with van der Waals surface area (Å²) in [5.41, 5.74) is -0.431. The summed E-state index contributed by atoms with van der Waals surface area (Å²) in [7, 11) is 0. The molecule has 7 heteroatoms. The largest absolute Gasteiger partial charge is 0.480 e. The van der Waals surface area contributed by atoms with Gasteiger partial charge in [0.05, 0.1) is 6.54 Å². The Bertz CT molecular complexity index is 287. The molecule has 1 saturated heterocycles. The van der Waals surface area contributed by atoms with Gasteiger partial charge in [0.1, 0.15) is 6.04 Å². The van der Waals surface area contributed by atoms with Crippen molar-refractivity contribution in [2.75, 3.05) is 6.54 Å². The summed E-state index contributed by atoms with van der Waals surface area (Å²) >= 11 is 0. The molecule has 1 rings (SSSR count). The van der Waals surface area contributed by atoms with Crippen LogP contribution in [-0.4, -0.2) is 39.8 Å². The second-order valence-electron chi connectivity index (χ2n) is 2.83. The molecule has 0 aliphatic carbocycles. The van der Waals surface area contributed by atoms with E-state index in [1.165, 1.54) is 0 Å². The van der Waals surface area contributed by atoms with Crippen molar-refractivity contribution in [1.29, 1.82) is 0 Å². The van der Waals surface area contributed by atoms with E-state index in [9.17, 15) is 18.4 Å². The van der Waals surface area contributed by atoms with Crippen LogP contribution >= 0.6 is 0 Å². The van der Waals surface area contributed by atoms with Crippen LogP contribution in [-0.2, 0) is 4.79 Å². The first-order valence-electron chi connectivity index (χ1n) is 3.69. The summed E-state index contributed by atoms with van der Waals surface area (Å²) in [6.07, 6.45) is -3.95. The number of nitrogens with zero attached hydrogens (tertiary/aromatic N) is 1. The maximum absolute atomic E-state index is 12.1. The Morgan fingerprint density at radius 2 is 1.93 bits per heavy atom. The molecule has 5 nitrogen and oxygen atoms in total. The van der Waals surface area contributed by atoms with Crippen LogP contribution in [0.1, 0.15) is 6.42 Å². The van der Waals surface area contributed by atoms with E-state index in [0.717, 1.165) is 0 Å². The van der Waals surface area contributed by atoms with Crippen LogP contribution in [0, 0.1) is 0 Å². The van der Waals surface area contributed by atoms with E-state index in [4.69, 9.17) is 10.2 Å². The van der Waals surface area contributed by atoms with Crippen LogP contribution < -0.4 is 0 Å². The molecule has 1 fully saturated rings. The second kappa shape index (κ2) is 3.60. The molecule has 0 unspecified atom stereocenters. The van der Waals surface area contributed by atoms with Crippen LogP contribution in [0.5, 0.6) is 0 Å². The molecular formula is C7H7F2NO4. The van der Waals surface area contributed by atoms with Gasteiger partial charge in [-0.3, -0.25) is 4.90 Å². The standard InChI is InChI=1S/C7H7F2NO4/c8-5(9)3-1-4(6(11)12)10(2-3)7(13)14/h4H,1-2H2,(H,11,12)(H,13,14)/t4-/m1/s1. The fourth-order valence-electron chi connectivity index (χ4n) is 1.28. The fourth-order valence-corrected chi connectivity index (χ4v) is 1.28. The van der Waals surface area contributed by atoms with E-state index in [-0.39, 0.29) is 0 Å². The number of carboxylic acid groups (broad SMARTS) is 2. The summed E-state index contributed by atoms with van der Waals surface area (Å²) < 4.78 is 24.2. The highest BCUT2D eigenvalue weighted by Gasteiger charge is 2.38. The normalized spacial score (nSPS) is 21.1. The molecule has 1 heterocycles. The molecule has 2 N–H and O–H groups in total. The Kier molecular flexibility index (Phi) is 2.68. The molecule has 1 aliphatic rings. The number of likely N-dealkylation sites (tertiary alicyclic amines) is 1. The zero-order chi connectivity index (χ0) is 10.9. The summed E-state index contributed by atoms with van der Waals surface area (Å²) in [6, 6.07) is -1.40. The highest BCUT2D eigenvalue weighted by molar-refractivity contribution is 5.81. The van der Waals surface area contributed by atoms with Crippen molar-refractivity contribution in [3.8, 4) is 0 Å². The van der Waals surface area contributed by atoms with Crippen molar-refractivity contribution >= 4 is 12.1 Å². The molecule has 1 atom stereocenters. The van der Waals surface area contributed by atoms with Crippen molar-refractivity contribution in [1.82, 2.24) is 4.90 Å². The van der Waals surface area contributed by atoms with E-state index in [0.29, 0.717) is 4.90 Å². The topological polar surface area (TPSA) is 77.8 Å². The van der Waals surface area contributed by atoms with Gasteiger partial charge < -0.3 is 10.2 Å². The molecule has 1 aliphatic heterocycles. The predicted octanol–water partition coefficient (Wildman–Crippen LogP) is 0.974. The molecular weight excluding hydrogens is 200 g/mol. The number of amides is 1. The van der Waals surface area contributed by atoms with Gasteiger partial charge >= 0.3 is 12.1 Å². The Morgan fingerprint density at radius 3 is 2.21 bits per heavy atom. The molecule has 0 saturated carbocycles. The van der Waals surface area contributed by atoms with Gasteiger partial charge in [-0.25, -0.2) is 9.59 Å². The summed E-state index contributed by atoms with van der Waals surface area (Å²) in [4.78, 5) is 21.5. The SMILES string of the molecule is O=C(O)[C@H]1CC(=C(F)F)CN1C(=O)O. The minimum atomic E-state index is -2.00. The van der Waals surface area contributed by atoms with Gasteiger partial charge in [0.2, 0.25) is 0 Å². The zero-order valence-corrected chi connectivity index (χ0v) is 6.91. The van der Waals surface area contributed by atoms with E-state index < -0.39 is 42.7 Å². The van der Waals surface area contributed by atoms with Crippen LogP contribution in [0.4, 0.5) is 13.6 Å². The number of rotatable bonds is 1. The highest BCUT2D eigenvalue weighted by Crippen LogP contribution is 2.26. The molecule has 0 aromatic heterocycles. The number of halogens is 2. The van der Waals surface area contributed by atoms with Crippen molar-refractivity contribution in [2.24, 2.45) is 0 Å². The molecule has 78 valence electrons. The van der Waals surface area contributed by atoms with Gasteiger partial charge in [0.15, 0.2) is 0 Å². The lowest BCUT2D eigenvalue weighted by atomic mass is 10.2. The van der Waals surface area contributed by atoms with Crippen molar-refractivity contribution < 1.29 is 28.6 Å². The number of carbonyl (C=O) groups is 2. The highest BCUT2D eigenvalue weighted by atomic mass is 19.3. The van der Waals surface area contributed by atoms with Crippen molar-refractivity contribution in [3.63, 3.8) is 0 Å². The molecule has 0 aromatic carbocycles. The van der Waals surface area contributed by atoms with Crippen LogP contribution in [0.25, 0.3) is 0 Å². The molecule has 0 radical (unpaired) electrons. The third kappa shape index (κ3) is 1.81. The maximum Gasteiger partial charge on any atom is 0.408 e. The Balaban J connectivity index is 2.92. The molecule has 0 bridgehead atoms. The number of carboxylic acids is 1. The van der Waals surface area contributed by atoms with Gasteiger partial charge in [0.25, 0.3) is 6.08 Å². The average Bonchev–Trinajstić information content (AvgIpc) is 2.47. The van der Waals surface area contributed by atoms with E-state index >= 15 is 0 Å². The minimum absolute atomic E-state index is 0.431. The summed E-state index contributed by atoms with van der Waals surface area (Å²) in [5.74, 6) is -1.41. The molecule has 0 spiro atoms. The molecule has 14 heavy (non-hydrogen) atoms. The summed E-state index contributed by atoms with van der Waals surface area (Å²) in [6.45, 7) is -0.533. The lowest BCUT2D eigenvalue weighted by Gasteiger charge is -2.16. The lowest BCUT2D eigenvalue weighted by molar-refractivity contribution is -0.141. The third-order valence-corrected chi connectivity index (χ3v) is 1.98. The van der Waals surface area contributed by atoms with E-state index in [2.05, 4.69) is 0 Å². The Morgan fingerprint density at radius 1 is 1.36 bits per heavy atom. The van der Waals surface area contributed by atoms with Crippen molar-refractivity contribution in [2.45, 2.75) is 12.5 Å². The van der Waals surface area contributed by atoms with Crippen LogP contribution in [0.3, 0.4) is 0 Å². The first-order valence-corrected chi connectivity index (χ1v) is 3.69. The predicted molar refractivity (Wildman–Crippen MR) is 40.0 cm³/mol. The minimum Gasteiger partial charge on any atom is -0.480 e. The van der Waals surface area contributed by atoms with E-state index in [1.54, 1.807) is 0 Å². The van der Waals surface area contributed by atoms with Gasteiger partial charge in [-0.1, -0.05) is 0 Å². The average molecular weight is 207 g/mol.